The third kappa shape index (κ3) is 2.28. The zero-order valence-electron chi connectivity index (χ0n) is 11.1. The molecule has 3 heteroatoms. The SMILES string of the molecule is Cc1cc(C(=O)C2CC2c2ccccc2)c(C)nn1. The summed E-state index contributed by atoms with van der Waals surface area (Å²) < 4.78 is 0. The van der Waals surface area contributed by atoms with Crippen LogP contribution >= 0.6 is 0 Å². The zero-order valence-corrected chi connectivity index (χ0v) is 11.1. The van der Waals surface area contributed by atoms with E-state index in [9.17, 15) is 4.79 Å². The number of rotatable bonds is 3. The molecule has 1 fully saturated rings. The average Bonchev–Trinajstić information content (AvgIpc) is 3.22. The largest absolute Gasteiger partial charge is 0.294 e. The van der Waals surface area contributed by atoms with E-state index >= 15 is 0 Å². The molecule has 0 N–H and O–H groups in total. The molecular weight excluding hydrogens is 236 g/mol. The average molecular weight is 252 g/mol. The Kier molecular flexibility index (Phi) is 2.90. The van der Waals surface area contributed by atoms with Crippen molar-refractivity contribution in [2.45, 2.75) is 26.2 Å². The van der Waals surface area contributed by atoms with Gasteiger partial charge in [-0.2, -0.15) is 10.2 Å². The maximum Gasteiger partial charge on any atom is 0.168 e. The van der Waals surface area contributed by atoms with Gasteiger partial charge in [0.05, 0.1) is 11.4 Å². The molecule has 2 aromatic rings. The Bertz CT molecular complexity index is 622. The van der Waals surface area contributed by atoms with E-state index in [1.54, 1.807) is 0 Å². The van der Waals surface area contributed by atoms with Crippen LogP contribution in [0.15, 0.2) is 36.4 Å². The molecule has 0 spiro atoms. The fourth-order valence-electron chi connectivity index (χ4n) is 2.55. The minimum atomic E-state index is 0.115. The van der Waals surface area contributed by atoms with Crippen LogP contribution in [0.25, 0.3) is 0 Å². The summed E-state index contributed by atoms with van der Waals surface area (Å²) in [5.74, 6) is 0.704. The highest BCUT2D eigenvalue weighted by Gasteiger charge is 2.44. The minimum absolute atomic E-state index is 0.115. The van der Waals surface area contributed by atoms with Gasteiger partial charge in [-0.3, -0.25) is 4.79 Å². The normalized spacial score (nSPS) is 21.2. The quantitative estimate of drug-likeness (QED) is 0.788. The van der Waals surface area contributed by atoms with Crippen molar-refractivity contribution in [3.8, 4) is 0 Å². The molecule has 0 saturated heterocycles. The molecule has 1 heterocycles. The Balaban J connectivity index is 1.82. The summed E-state index contributed by atoms with van der Waals surface area (Å²) >= 11 is 0. The summed E-state index contributed by atoms with van der Waals surface area (Å²) in [5.41, 5.74) is 3.52. The Morgan fingerprint density at radius 2 is 1.89 bits per heavy atom. The lowest BCUT2D eigenvalue weighted by Gasteiger charge is -2.04. The number of carbonyl (C=O) groups is 1. The van der Waals surface area contributed by atoms with Gasteiger partial charge in [-0.1, -0.05) is 30.3 Å². The van der Waals surface area contributed by atoms with Crippen molar-refractivity contribution >= 4 is 5.78 Å². The molecule has 1 aliphatic rings. The molecular formula is C16H16N2O. The predicted octanol–water partition coefficient (Wildman–Crippen LogP) is 3.08. The zero-order chi connectivity index (χ0) is 13.4. The summed E-state index contributed by atoms with van der Waals surface area (Å²) in [6.45, 7) is 3.71. The van der Waals surface area contributed by atoms with E-state index in [1.165, 1.54) is 5.56 Å². The van der Waals surface area contributed by atoms with Crippen LogP contribution in [0.1, 0.15) is 39.6 Å². The van der Waals surface area contributed by atoms with Gasteiger partial charge in [0.1, 0.15) is 0 Å². The molecule has 1 aromatic heterocycles. The number of nitrogens with zero attached hydrogens (tertiary/aromatic N) is 2. The summed E-state index contributed by atoms with van der Waals surface area (Å²) in [5, 5.41) is 8.01. The Labute approximate surface area is 112 Å². The Morgan fingerprint density at radius 1 is 1.16 bits per heavy atom. The predicted molar refractivity (Wildman–Crippen MR) is 73.1 cm³/mol. The number of hydrogen-bond donors (Lipinski definition) is 0. The fourth-order valence-corrected chi connectivity index (χ4v) is 2.55. The lowest BCUT2D eigenvalue weighted by molar-refractivity contribution is 0.0964. The summed E-state index contributed by atoms with van der Waals surface area (Å²) in [6, 6.07) is 12.1. The number of aromatic nitrogens is 2. The first-order valence-corrected chi connectivity index (χ1v) is 6.57. The second-order valence-corrected chi connectivity index (χ2v) is 5.21. The van der Waals surface area contributed by atoms with E-state index in [0.29, 0.717) is 5.92 Å². The smallest absolute Gasteiger partial charge is 0.168 e. The van der Waals surface area contributed by atoms with E-state index in [-0.39, 0.29) is 11.7 Å². The number of ketones is 1. The maximum absolute atomic E-state index is 12.5. The molecule has 1 aliphatic carbocycles. The number of hydrogen-bond acceptors (Lipinski definition) is 3. The van der Waals surface area contributed by atoms with E-state index in [2.05, 4.69) is 22.3 Å². The Hall–Kier alpha value is -2.03. The van der Waals surface area contributed by atoms with Crippen LogP contribution in [0.3, 0.4) is 0 Å². The molecule has 1 saturated carbocycles. The van der Waals surface area contributed by atoms with Crippen molar-refractivity contribution in [2.75, 3.05) is 0 Å². The van der Waals surface area contributed by atoms with E-state index in [1.807, 2.05) is 38.1 Å². The molecule has 3 nitrogen and oxygen atoms in total. The van der Waals surface area contributed by atoms with Gasteiger partial charge in [0, 0.05) is 11.5 Å². The first-order valence-electron chi connectivity index (χ1n) is 6.57. The lowest BCUT2D eigenvalue weighted by Crippen LogP contribution is -2.08. The van der Waals surface area contributed by atoms with Crippen LogP contribution in [0.2, 0.25) is 0 Å². The van der Waals surface area contributed by atoms with Crippen molar-refractivity contribution in [3.05, 3.63) is 58.9 Å². The molecule has 2 unspecified atom stereocenters. The molecule has 2 atom stereocenters. The highest BCUT2D eigenvalue weighted by molar-refractivity contribution is 6.01. The monoisotopic (exact) mass is 252 g/mol. The summed E-state index contributed by atoms with van der Waals surface area (Å²) in [6.07, 6.45) is 0.948. The van der Waals surface area contributed by atoms with Crippen LogP contribution in [-0.4, -0.2) is 16.0 Å². The first kappa shape index (κ1) is 12.0. The van der Waals surface area contributed by atoms with Crippen LogP contribution in [0.4, 0.5) is 0 Å². The van der Waals surface area contributed by atoms with E-state index in [0.717, 1.165) is 23.4 Å². The molecule has 1 aromatic carbocycles. The van der Waals surface area contributed by atoms with Gasteiger partial charge in [-0.25, -0.2) is 0 Å². The second kappa shape index (κ2) is 4.57. The number of carbonyl (C=O) groups excluding carboxylic acids is 1. The van der Waals surface area contributed by atoms with Crippen LogP contribution in [-0.2, 0) is 0 Å². The molecule has 3 rings (SSSR count). The lowest BCUT2D eigenvalue weighted by atomic mass is 10.0. The molecule has 0 bridgehead atoms. The van der Waals surface area contributed by atoms with Crippen molar-refractivity contribution < 1.29 is 4.79 Å². The van der Waals surface area contributed by atoms with Crippen LogP contribution in [0, 0.1) is 19.8 Å². The Morgan fingerprint density at radius 3 is 2.63 bits per heavy atom. The highest BCUT2D eigenvalue weighted by atomic mass is 16.1. The van der Waals surface area contributed by atoms with Crippen molar-refractivity contribution in [1.82, 2.24) is 10.2 Å². The van der Waals surface area contributed by atoms with Crippen molar-refractivity contribution in [1.29, 1.82) is 0 Å². The van der Waals surface area contributed by atoms with Crippen molar-refractivity contribution in [3.63, 3.8) is 0 Å². The van der Waals surface area contributed by atoms with Gasteiger partial charge >= 0.3 is 0 Å². The molecule has 96 valence electrons. The molecule has 0 radical (unpaired) electrons. The maximum atomic E-state index is 12.5. The summed E-state index contributed by atoms with van der Waals surface area (Å²) in [7, 11) is 0. The van der Waals surface area contributed by atoms with E-state index in [4.69, 9.17) is 0 Å². The number of Topliss-reactive ketones (excluding diaryl/α,β-unsaturated/α-hetero) is 1. The number of aryl methyl sites for hydroxylation is 2. The van der Waals surface area contributed by atoms with Crippen LogP contribution in [0.5, 0.6) is 0 Å². The summed E-state index contributed by atoms with van der Waals surface area (Å²) in [4.78, 5) is 12.5. The fraction of sp³-hybridized carbons (Fsp3) is 0.312. The number of benzene rings is 1. The van der Waals surface area contributed by atoms with Gasteiger partial charge in [0.2, 0.25) is 0 Å². The third-order valence-electron chi connectivity index (χ3n) is 3.72. The van der Waals surface area contributed by atoms with Gasteiger partial charge < -0.3 is 0 Å². The van der Waals surface area contributed by atoms with Gasteiger partial charge in [0.25, 0.3) is 0 Å². The molecule has 19 heavy (non-hydrogen) atoms. The van der Waals surface area contributed by atoms with Crippen molar-refractivity contribution in [2.24, 2.45) is 5.92 Å². The highest BCUT2D eigenvalue weighted by Crippen LogP contribution is 2.49. The van der Waals surface area contributed by atoms with Gasteiger partial charge in [-0.15, -0.1) is 0 Å². The van der Waals surface area contributed by atoms with Crippen LogP contribution < -0.4 is 0 Å². The van der Waals surface area contributed by atoms with Gasteiger partial charge in [-0.05, 0) is 37.8 Å². The standard InChI is InChI=1S/C16H16N2O/c1-10-8-13(11(2)18-17-10)16(19)15-9-14(15)12-6-4-3-5-7-12/h3-8,14-15H,9H2,1-2H3. The third-order valence-corrected chi connectivity index (χ3v) is 3.72. The van der Waals surface area contributed by atoms with E-state index < -0.39 is 0 Å². The molecule has 0 amide bonds. The van der Waals surface area contributed by atoms with Gasteiger partial charge in [0.15, 0.2) is 5.78 Å². The first-order chi connectivity index (χ1) is 9.16. The minimum Gasteiger partial charge on any atom is -0.294 e. The second-order valence-electron chi connectivity index (χ2n) is 5.21. The topological polar surface area (TPSA) is 42.9 Å². The molecule has 0 aliphatic heterocycles.